The first kappa shape index (κ1) is 20.7. The molecule has 14 nitrogen and oxygen atoms in total. The highest BCUT2D eigenvalue weighted by Crippen LogP contribution is 2.34. The van der Waals surface area contributed by atoms with Gasteiger partial charge in [-0.3, -0.25) is 9.12 Å². The zero-order chi connectivity index (χ0) is 20.5. The van der Waals surface area contributed by atoms with E-state index >= 15 is 0 Å². The van der Waals surface area contributed by atoms with Gasteiger partial charge in [0, 0.05) is 13.1 Å². The molecule has 156 valence electrons. The number of hydrogen-bond donors (Lipinski definition) is 4. The molecule has 1 aliphatic heterocycles. The molecule has 0 aromatic carbocycles. The molecule has 1 aliphatic rings. The lowest BCUT2D eigenvalue weighted by Gasteiger charge is -2.23. The van der Waals surface area contributed by atoms with Gasteiger partial charge in [0.1, 0.15) is 30.2 Å². The quantitative estimate of drug-likeness (QED) is 0.262. The Morgan fingerprint density at radius 2 is 2.14 bits per heavy atom. The SMILES string of the molecule is CN(CCON)C[C@H]1O[C@@H](n2cnc3c(N)ncnc32)[C@H](O)[C@@H]1OS(=O)(=O)O. The number of aliphatic hydroxyl groups excluding tert-OH is 1. The van der Waals surface area contributed by atoms with Crippen LogP contribution < -0.4 is 11.6 Å². The van der Waals surface area contributed by atoms with Gasteiger partial charge in [0.2, 0.25) is 0 Å². The summed E-state index contributed by atoms with van der Waals surface area (Å²) in [4.78, 5) is 18.2. The summed E-state index contributed by atoms with van der Waals surface area (Å²) in [5.74, 6) is 5.14. The fourth-order valence-electron chi connectivity index (χ4n) is 3.02. The predicted octanol–water partition coefficient (Wildman–Crippen LogP) is -2.32. The van der Waals surface area contributed by atoms with Crippen LogP contribution in [0, 0.1) is 0 Å². The molecule has 1 fully saturated rings. The monoisotopic (exact) mass is 419 g/mol. The highest BCUT2D eigenvalue weighted by molar-refractivity contribution is 7.80. The Bertz CT molecular complexity index is 923. The van der Waals surface area contributed by atoms with Crippen LogP contribution in [0.3, 0.4) is 0 Å². The number of anilines is 1. The van der Waals surface area contributed by atoms with E-state index in [1.165, 1.54) is 17.2 Å². The lowest BCUT2D eigenvalue weighted by Crippen LogP contribution is -2.42. The smallest absolute Gasteiger partial charge is 0.386 e. The number of rotatable bonds is 8. The normalized spacial score (nSPS) is 25.8. The zero-order valence-electron chi connectivity index (χ0n) is 14.8. The maximum absolute atomic E-state index is 11.2. The molecule has 0 unspecified atom stereocenters. The van der Waals surface area contributed by atoms with Crippen molar-refractivity contribution in [2.45, 2.75) is 24.5 Å². The highest BCUT2D eigenvalue weighted by Gasteiger charge is 2.48. The number of hydrogen-bond acceptors (Lipinski definition) is 12. The minimum Gasteiger partial charge on any atom is -0.386 e. The molecule has 0 aliphatic carbocycles. The van der Waals surface area contributed by atoms with Crippen LogP contribution in [0.15, 0.2) is 12.7 Å². The molecule has 4 atom stereocenters. The van der Waals surface area contributed by atoms with Crippen molar-refractivity contribution in [3.8, 4) is 0 Å². The van der Waals surface area contributed by atoms with Crippen LogP contribution in [0.1, 0.15) is 6.23 Å². The molecule has 1 saturated heterocycles. The van der Waals surface area contributed by atoms with Gasteiger partial charge in [-0.2, -0.15) is 8.42 Å². The Morgan fingerprint density at radius 3 is 2.82 bits per heavy atom. The van der Waals surface area contributed by atoms with Gasteiger partial charge in [-0.15, -0.1) is 0 Å². The molecular formula is C13H21N7O7S. The molecule has 0 radical (unpaired) electrons. The van der Waals surface area contributed by atoms with Crippen LogP contribution in [-0.2, 0) is 24.2 Å². The molecule has 15 heteroatoms. The van der Waals surface area contributed by atoms with Crippen LogP contribution in [0.25, 0.3) is 11.2 Å². The minimum atomic E-state index is -4.84. The van der Waals surface area contributed by atoms with Crippen molar-refractivity contribution in [2.24, 2.45) is 5.90 Å². The second-order valence-electron chi connectivity index (χ2n) is 6.26. The maximum atomic E-state index is 11.2. The number of imidazole rings is 1. The van der Waals surface area contributed by atoms with E-state index in [1.807, 2.05) is 0 Å². The van der Waals surface area contributed by atoms with Crippen molar-refractivity contribution >= 4 is 27.4 Å². The van der Waals surface area contributed by atoms with Crippen LogP contribution in [-0.4, -0.2) is 87.6 Å². The zero-order valence-corrected chi connectivity index (χ0v) is 15.6. The molecule has 2 aromatic rings. The molecule has 3 rings (SSSR count). The topological polar surface area (TPSA) is 201 Å². The number of fused-ring (bicyclic) bond motifs is 1. The maximum Gasteiger partial charge on any atom is 0.397 e. The van der Waals surface area contributed by atoms with Gasteiger partial charge < -0.3 is 25.3 Å². The second-order valence-corrected chi connectivity index (χ2v) is 7.31. The van der Waals surface area contributed by atoms with Gasteiger partial charge in [0.05, 0.1) is 12.9 Å². The molecule has 0 spiro atoms. The number of aromatic nitrogens is 4. The van der Waals surface area contributed by atoms with Gasteiger partial charge in [-0.1, -0.05) is 0 Å². The molecule has 2 aromatic heterocycles. The Kier molecular flexibility index (Phi) is 6.06. The molecular weight excluding hydrogens is 398 g/mol. The van der Waals surface area contributed by atoms with Crippen molar-refractivity contribution in [2.75, 3.05) is 32.5 Å². The summed E-state index contributed by atoms with van der Waals surface area (Å²) in [6.45, 7) is 0.787. The first-order valence-corrected chi connectivity index (χ1v) is 9.50. The summed E-state index contributed by atoms with van der Waals surface area (Å²) >= 11 is 0. The number of aliphatic hydroxyl groups is 1. The number of nitrogens with zero attached hydrogens (tertiary/aromatic N) is 5. The van der Waals surface area contributed by atoms with Crippen LogP contribution >= 0.6 is 0 Å². The molecule has 0 saturated carbocycles. The molecule has 3 heterocycles. The van der Waals surface area contributed by atoms with Crippen LogP contribution in [0.5, 0.6) is 0 Å². The third kappa shape index (κ3) is 4.36. The van der Waals surface area contributed by atoms with E-state index in [9.17, 15) is 13.5 Å². The van der Waals surface area contributed by atoms with Crippen LogP contribution in [0.4, 0.5) is 5.82 Å². The summed E-state index contributed by atoms with van der Waals surface area (Å²) in [6.07, 6.45) is -2.28. The van der Waals surface area contributed by atoms with Gasteiger partial charge in [0.15, 0.2) is 17.7 Å². The summed E-state index contributed by atoms with van der Waals surface area (Å²) < 4.78 is 43.5. The number of nitrogen functional groups attached to an aromatic ring is 1. The van der Waals surface area contributed by atoms with E-state index in [-0.39, 0.29) is 24.6 Å². The first-order chi connectivity index (χ1) is 13.2. The van der Waals surface area contributed by atoms with Crippen molar-refractivity contribution in [1.29, 1.82) is 0 Å². The van der Waals surface area contributed by atoms with Gasteiger partial charge in [-0.05, 0) is 7.05 Å². The second kappa shape index (κ2) is 8.18. The Morgan fingerprint density at radius 1 is 1.39 bits per heavy atom. The molecule has 28 heavy (non-hydrogen) atoms. The van der Waals surface area contributed by atoms with Crippen molar-refractivity contribution in [1.82, 2.24) is 24.4 Å². The predicted molar refractivity (Wildman–Crippen MR) is 93.7 cm³/mol. The molecule has 6 N–H and O–H groups in total. The Labute approximate surface area is 159 Å². The van der Waals surface area contributed by atoms with Gasteiger partial charge >= 0.3 is 10.4 Å². The lowest BCUT2D eigenvalue weighted by atomic mass is 10.1. The van der Waals surface area contributed by atoms with E-state index in [2.05, 4.69) is 24.0 Å². The Hall–Kier alpha value is -1.98. The van der Waals surface area contributed by atoms with Crippen LogP contribution in [0.2, 0.25) is 0 Å². The lowest BCUT2D eigenvalue weighted by molar-refractivity contribution is -0.0434. The fraction of sp³-hybridized carbons (Fsp3) is 0.615. The van der Waals surface area contributed by atoms with Crippen molar-refractivity contribution in [3.05, 3.63) is 12.7 Å². The average molecular weight is 419 g/mol. The van der Waals surface area contributed by atoms with Gasteiger partial charge in [-0.25, -0.2) is 25.0 Å². The third-order valence-corrected chi connectivity index (χ3v) is 4.75. The minimum absolute atomic E-state index is 0.139. The largest absolute Gasteiger partial charge is 0.397 e. The summed E-state index contributed by atoms with van der Waals surface area (Å²) in [5, 5.41) is 10.7. The summed E-state index contributed by atoms with van der Waals surface area (Å²) in [5.41, 5.74) is 6.34. The van der Waals surface area contributed by atoms with E-state index in [0.717, 1.165) is 0 Å². The molecule has 0 amide bonds. The fourth-order valence-corrected chi connectivity index (χ4v) is 3.54. The van der Waals surface area contributed by atoms with E-state index in [1.54, 1.807) is 11.9 Å². The Balaban J connectivity index is 1.89. The van der Waals surface area contributed by atoms with Crippen molar-refractivity contribution in [3.63, 3.8) is 0 Å². The number of likely N-dealkylation sites (N-methyl/N-ethyl adjacent to an activating group) is 1. The number of ether oxygens (including phenoxy) is 1. The molecule has 0 bridgehead atoms. The van der Waals surface area contributed by atoms with Crippen molar-refractivity contribution < 1.29 is 31.8 Å². The van der Waals surface area contributed by atoms with Gasteiger partial charge in [0.25, 0.3) is 0 Å². The standard InChI is InChI=1S/C13H21N7O7S/c1-19(2-3-25-15)4-7-10(27-28(22,23)24)9(21)13(26-7)20-6-18-8-11(14)16-5-17-12(8)20/h5-7,9-10,13,21H,2-4,15H2,1H3,(H2,14,16,17)(H,22,23,24)/t7-,9-,10-,13-/m1/s1. The first-order valence-electron chi connectivity index (χ1n) is 8.13. The third-order valence-electron chi connectivity index (χ3n) is 4.29. The number of nitrogens with two attached hydrogens (primary N) is 2. The van der Waals surface area contributed by atoms with E-state index < -0.39 is 34.9 Å². The summed E-state index contributed by atoms with van der Waals surface area (Å²) in [6, 6.07) is 0. The van der Waals surface area contributed by atoms with E-state index in [4.69, 9.17) is 20.9 Å². The highest BCUT2D eigenvalue weighted by atomic mass is 32.3. The average Bonchev–Trinajstić information content (AvgIpc) is 3.16. The van der Waals surface area contributed by atoms with E-state index in [0.29, 0.717) is 12.1 Å². The summed E-state index contributed by atoms with van der Waals surface area (Å²) in [7, 11) is -3.13.